The average Bonchev–Trinajstić information content (AvgIpc) is 2.86. The molecule has 21 heavy (non-hydrogen) atoms. The van der Waals surface area contributed by atoms with Gasteiger partial charge >= 0.3 is 0 Å². The predicted octanol–water partition coefficient (Wildman–Crippen LogP) is 3.71. The summed E-state index contributed by atoms with van der Waals surface area (Å²) in [6.07, 6.45) is 0. The van der Waals surface area contributed by atoms with Crippen molar-refractivity contribution in [1.29, 1.82) is 0 Å². The smallest absolute Gasteiger partial charge is 0.232 e. The van der Waals surface area contributed by atoms with Crippen molar-refractivity contribution in [2.45, 2.75) is 58.4 Å². The Morgan fingerprint density at radius 1 is 0.952 bits per heavy atom. The topological polar surface area (TPSA) is 64.9 Å². The van der Waals surface area contributed by atoms with Crippen LogP contribution in [0.1, 0.15) is 70.4 Å². The van der Waals surface area contributed by atoms with Crippen LogP contribution in [0.15, 0.2) is 28.8 Å². The highest BCUT2D eigenvalue weighted by atomic mass is 16.5. The van der Waals surface area contributed by atoms with Gasteiger partial charge in [0.2, 0.25) is 5.89 Å². The Morgan fingerprint density at radius 3 is 1.95 bits per heavy atom. The third-order valence-electron chi connectivity index (χ3n) is 3.50. The summed E-state index contributed by atoms with van der Waals surface area (Å²) < 4.78 is 5.31. The number of benzene rings is 1. The molecule has 0 aliphatic carbocycles. The molecule has 1 aromatic carbocycles. The lowest BCUT2D eigenvalue weighted by Gasteiger charge is -2.19. The minimum absolute atomic E-state index is 0.133. The highest BCUT2D eigenvalue weighted by Gasteiger charge is 2.24. The van der Waals surface area contributed by atoms with E-state index in [2.05, 4.69) is 43.0 Å². The molecule has 1 heterocycles. The Labute approximate surface area is 126 Å². The van der Waals surface area contributed by atoms with E-state index in [0.717, 1.165) is 5.56 Å². The number of nitrogens with zero attached hydrogens (tertiary/aromatic N) is 2. The zero-order valence-corrected chi connectivity index (χ0v) is 13.8. The summed E-state index contributed by atoms with van der Waals surface area (Å²) in [7, 11) is 0. The molecule has 1 atom stereocenters. The molecule has 0 bridgehead atoms. The molecule has 1 aromatic heterocycles. The van der Waals surface area contributed by atoms with Crippen LogP contribution < -0.4 is 5.73 Å². The van der Waals surface area contributed by atoms with Crippen LogP contribution in [0.25, 0.3) is 0 Å². The molecule has 4 heteroatoms. The Morgan fingerprint density at radius 2 is 1.52 bits per heavy atom. The van der Waals surface area contributed by atoms with Crippen LogP contribution in [-0.4, -0.2) is 10.1 Å². The van der Waals surface area contributed by atoms with Crippen molar-refractivity contribution in [3.63, 3.8) is 0 Å². The second kappa shape index (κ2) is 5.26. The summed E-state index contributed by atoms with van der Waals surface area (Å²) in [5, 5.41) is 4.02. The van der Waals surface area contributed by atoms with E-state index >= 15 is 0 Å². The molecule has 0 saturated carbocycles. The fourth-order valence-corrected chi connectivity index (χ4v) is 2.01. The summed E-state index contributed by atoms with van der Waals surface area (Å²) in [5.41, 5.74) is 8.48. The van der Waals surface area contributed by atoms with Crippen LogP contribution in [-0.2, 0) is 10.8 Å². The summed E-state index contributed by atoms with van der Waals surface area (Å²) >= 11 is 0. The first-order chi connectivity index (χ1) is 9.59. The van der Waals surface area contributed by atoms with E-state index in [1.165, 1.54) is 5.56 Å². The van der Waals surface area contributed by atoms with Crippen LogP contribution in [0, 0.1) is 0 Å². The lowest BCUT2D eigenvalue weighted by molar-refractivity contribution is 0.317. The van der Waals surface area contributed by atoms with Crippen molar-refractivity contribution < 1.29 is 4.52 Å². The molecule has 2 N–H and O–H groups in total. The van der Waals surface area contributed by atoms with Crippen LogP contribution in [0.4, 0.5) is 0 Å². The summed E-state index contributed by atoms with van der Waals surface area (Å²) in [4.78, 5) is 4.43. The molecule has 0 radical (unpaired) electrons. The van der Waals surface area contributed by atoms with E-state index in [1.807, 2.05) is 32.9 Å². The first kappa shape index (κ1) is 15.7. The van der Waals surface area contributed by atoms with Gasteiger partial charge in [0.1, 0.15) is 0 Å². The lowest BCUT2D eigenvalue weighted by Crippen LogP contribution is -2.16. The van der Waals surface area contributed by atoms with Crippen molar-refractivity contribution in [2.75, 3.05) is 0 Å². The monoisotopic (exact) mass is 287 g/mol. The molecular weight excluding hydrogens is 262 g/mol. The van der Waals surface area contributed by atoms with Gasteiger partial charge in [0.05, 0.1) is 6.04 Å². The SMILES string of the molecule is CC(C)(C)c1ccc(C(N)c2noc(C(C)(C)C)n2)cc1. The summed E-state index contributed by atoms with van der Waals surface area (Å²) in [6.45, 7) is 12.7. The highest BCUT2D eigenvalue weighted by Crippen LogP contribution is 2.26. The molecule has 0 aliphatic heterocycles. The maximum Gasteiger partial charge on any atom is 0.232 e. The van der Waals surface area contributed by atoms with Gasteiger partial charge in [-0.2, -0.15) is 4.98 Å². The van der Waals surface area contributed by atoms with Gasteiger partial charge in [-0.15, -0.1) is 0 Å². The van der Waals surface area contributed by atoms with Crippen molar-refractivity contribution in [1.82, 2.24) is 10.1 Å². The van der Waals surface area contributed by atoms with Gasteiger partial charge in [0.25, 0.3) is 0 Å². The van der Waals surface area contributed by atoms with Crippen LogP contribution in [0.2, 0.25) is 0 Å². The van der Waals surface area contributed by atoms with Crippen LogP contribution in [0.3, 0.4) is 0 Å². The van der Waals surface area contributed by atoms with Gasteiger partial charge in [-0.05, 0) is 16.5 Å². The van der Waals surface area contributed by atoms with Crippen molar-refractivity contribution in [3.8, 4) is 0 Å². The quantitative estimate of drug-likeness (QED) is 0.914. The molecule has 0 fully saturated rings. The minimum atomic E-state index is -0.362. The second-order valence-corrected chi connectivity index (χ2v) is 7.56. The van der Waals surface area contributed by atoms with Gasteiger partial charge in [0, 0.05) is 5.41 Å². The van der Waals surface area contributed by atoms with Gasteiger partial charge in [-0.25, -0.2) is 0 Å². The highest BCUT2D eigenvalue weighted by molar-refractivity contribution is 5.31. The zero-order chi connectivity index (χ0) is 15.8. The minimum Gasteiger partial charge on any atom is -0.339 e. The Balaban J connectivity index is 2.24. The van der Waals surface area contributed by atoms with Crippen molar-refractivity contribution in [2.24, 2.45) is 5.73 Å². The number of hydrogen-bond acceptors (Lipinski definition) is 4. The van der Waals surface area contributed by atoms with E-state index in [-0.39, 0.29) is 16.9 Å². The number of nitrogens with two attached hydrogens (primary N) is 1. The molecule has 2 aromatic rings. The number of aromatic nitrogens is 2. The second-order valence-electron chi connectivity index (χ2n) is 7.56. The molecule has 0 spiro atoms. The first-order valence-electron chi connectivity index (χ1n) is 7.29. The number of rotatable bonds is 2. The third kappa shape index (κ3) is 3.50. The summed E-state index contributed by atoms with van der Waals surface area (Å²) in [5.74, 6) is 1.14. The normalized spacial score (nSPS) is 14.2. The van der Waals surface area contributed by atoms with E-state index < -0.39 is 0 Å². The summed E-state index contributed by atoms with van der Waals surface area (Å²) in [6, 6.07) is 7.94. The van der Waals surface area contributed by atoms with Crippen LogP contribution >= 0.6 is 0 Å². The Kier molecular flexibility index (Phi) is 3.93. The van der Waals surface area contributed by atoms with E-state index in [1.54, 1.807) is 0 Å². The maximum atomic E-state index is 6.25. The van der Waals surface area contributed by atoms with E-state index in [4.69, 9.17) is 10.3 Å². The molecule has 1 unspecified atom stereocenters. The van der Waals surface area contributed by atoms with Crippen molar-refractivity contribution >= 4 is 0 Å². The largest absolute Gasteiger partial charge is 0.339 e. The van der Waals surface area contributed by atoms with Gasteiger partial charge in [-0.1, -0.05) is 71.0 Å². The molecule has 114 valence electrons. The Hall–Kier alpha value is -1.68. The zero-order valence-electron chi connectivity index (χ0n) is 13.8. The van der Waals surface area contributed by atoms with Gasteiger partial charge in [0.15, 0.2) is 5.82 Å². The predicted molar refractivity (Wildman–Crippen MR) is 84.2 cm³/mol. The van der Waals surface area contributed by atoms with Gasteiger partial charge < -0.3 is 10.3 Å². The fourth-order valence-electron chi connectivity index (χ4n) is 2.01. The van der Waals surface area contributed by atoms with E-state index in [0.29, 0.717) is 11.7 Å². The molecule has 0 aliphatic rings. The third-order valence-corrected chi connectivity index (χ3v) is 3.50. The average molecular weight is 287 g/mol. The van der Waals surface area contributed by atoms with Crippen LogP contribution in [0.5, 0.6) is 0 Å². The molecule has 2 rings (SSSR count). The Bertz CT molecular complexity index is 600. The number of hydrogen-bond donors (Lipinski definition) is 1. The maximum absolute atomic E-state index is 6.25. The van der Waals surface area contributed by atoms with E-state index in [9.17, 15) is 0 Å². The lowest BCUT2D eigenvalue weighted by atomic mass is 9.86. The molecule has 0 saturated heterocycles. The fraction of sp³-hybridized carbons (Fsp3) is 0.529. The molecule has 4 nitrogen and oxygen atoms in total. The standard InChI is InChI=1S/C17H25N3O/c1-16(2,3)12-9-7-11(8-10-12)13(18)14-19-15(21-20-14)17(4,5)6/h7-10,13H,18H2,1-6H3. The molecular formula is C17H25N3O. The van der Waals surface area contributed by atoms with Gasteiger partial charge in [-0.3, -0.25) is 0 Å². The molecule has 0 amide bonds. The first-order valence-corrected chi connectivity index (χ1v) is 7.29. The van der Waals surface area contributed by atoms with Crippen molar-refractivity contribution in [3.05, 3.63) is 47.1 Å².